The molecular formula is C22H30Br2O5S. The van der Waals surface area contributed by atoms with E-state index >= 15 is 0 Å². The average molecular weight is 566 g/mol. The molecule has 1 aliphatic carbocycles. The summed E-state index contributed by atoms with van der Waals surface area (Å²) in [4.78, 5) is 12.9. The maximum absolute atomic E-state index is 10.5. The summed E-state index contributed by atoms with van der Waals surface area (Å²) in [5.41, 5.74) is 0. The van der Waals surface area contributed by atoms with Gasteiger partial charge in [0.25, 0.3) is 0 Å². The lowest BCUT2D eigenvalue weighted by Crippen LogP contribution is -2.20. The third kappa shape index (κ3) is 7.57. The van der Waals surface area contributed by atoms with Crippen molar-refractivity contribution in [2.45, 2.75) is 70.2 Å². The topological polar surface area (TPSA) is 98.0 Å². The molecule has 2 rings (SSSR count). The number of halogens is 2. The van der Waals surface area contributed by atoms with Gasteiger partial charge >= 0.3 is 5.97 Å². The van der Waals surface area contributed by atoms with Gasteiger partial charge in [0.2, 0.25) is 0 Å². The van der Waals surface area contributed by atoms with Crippen LogP contribution in [-0.2, 0) is 11.2 Å². The number of hydrogen-bond donors (Lipinski definition) is 4. The molecule has 0 aromatic carbocycles. The van der Waals surface area contributed by atoms with Crippen molar-refractivity contribution in [3.63, 3.8) is 0 Å². The first-order chi connectivity index (χ1) is 14.2. The van der Waals surface area contributed by atoms with Crippen LogP contribution in [0.1, 0.15) is 48.3 Å². The molecular weight excluding hydrogens is 536 g/mol. The number of aliphatic carboxylic acids is 1. The lowest BCUT2D eigenvalue weighted by molar-refractivity contribution is -0.137. The molecule has 3 unspecified atom stereocenters. The van der Waals surface area contributed by atoms with Crippen LogP contribution in [0.25, 0.3) is 0 Å². The highest BCUT2D eigenvalue weighted by atomic mass is 79.9. The van der Waals surface area contributed by atoms with Crippen molar-refractivity contribution < 1.29 is 25.2 Å². The summed E-state index contributed by atoms with van der Waals surface area (Å²) in [5, 5.41) is 39.7. The van der Waals surface area contributed by atoms with Gasteiger partial charge in [0.05, 0.1) is 18.3 Å². The normalized spacial score (nSPS) is 25.5. The molecule has 5 nitrogen and oxygen atoms in total. The number of carboxylic acid groups (broad SMARTS) is 1. The van der Waals surface area contributed by atoms with Crippen molar-refractivity contribution in [1.29, 1.82) is 0 Å². The average Bonchev–Trinajstić information content (AvgIpc) is 3.09. The van der Waals surface area contributed by atoms with E-state index in [9.17, 15) is 20.1 Å². The fourth-order valence-electron chi connectivity index (χ4n) is 3.79. The van der Waals surface area contributed by atoms with E-state index in [-0.39, 0.29) is 18.3 Å². The lowest BCUT2D eigenvalue weighted by atomic mass is 9.89. The zero-order valence-electron chi connectivity index (χ0n) is 17.0. The number of unbranched alkanes of at least 4 members (excludes halogenated alkanes) is 1. The molecule has 0 bridgehead atoms. The molecule has 8 heteroatoms. The molecule has 168 valence electrons. The predicted octanol–water partition coefficient (Wildman–Crippen LogP) is 4.99. The van der Waals surface area contributed by atoms with Crippen molar-refractivity contribution in [2.75, 3.05) is 0 Å². The van der Waals surface area contributed by atoms with Crippen LogP contribution in [-0.4, -0.2) is 44.7 Å². The van der Waals surface area contributed by atoms with Crippen LogP contribution in [0.2, 0.25) is 0 Å². The van der Waals surface area contributed by atoms with Crippen LogP contribution < -0.4 is 0 Å². The van der Waals surface area contributed by atoms with Gasteiger partial charge in [-0.05, 0) is 76.8 Å². The van der Waals surface area contributed by atoms with E-state index in [1.807, 2.05) is 25.2 Å². The molecule has 0 amide bonds. The Balaban J connectivity index is 1.86. The molecule has 1 heterocycles. The summed E-state index contributed by atoms with van der Waals surface area (Å²) in [6.45, 7) is 2.05. The first-order valence-corrected chi connectivity index (χ1v) is 12.6. The Morgan fingerprint density at radius 2 is 1.97 bits per heavy atom. The Morgan fingerprint density at radius 1 is 1.23 bits per heavy atom. The largest absolute Gasteiger partial charge is 0.481 e. The fourth-order valence-corrected chi connectivity index (χ4v) is 6.25. The van der Waals surface area contributed by atoms with Gasteiger partial charge in [0, 0.05) is 37.5 Å². The minimum absolute atomic E-state index is 0.107. The van der Waals surface area contributed by atoms with E-state index in [0.717, 1.165) is 15.4 Å². The van der Waals surface area contributed by atoms with E-state index in [4.69, 9.17) is 5.11 Å². The highest BCUT2D eigenvalue weighted by Crippen LogP contribution is 2.38. The maximum Gasteiger partial charge on any atom is 0.303 e. The van der Waals surface area contributed by atoms with Gasteiger partial charge in [-0.1, -0.05) is 24.3 Å². The second kappa shape index (κ2) is 12.5. The first-order valence-electron chi connectivity index (χ1n) is 10.2. The van der Waals surface area contributed by atoms with E-state index in [1.165, 1.54) is 9.75 Å². The maximum atomic E-state index is 10.5. The van der Waals surface area contributed by atoms with Crippen molar-refractivity contribution >= 4 is 49.2 Å². The van der Waals surface area contributed by atoms with Crippen LogP contribution in [0.4, 0.5) is 0 Å². The predicted molar refractivity (Wildman–Crippen MR) is 127 cm³/mol. The van der Waals surface area contributed by atoms with E-state index in [0.29, 0.717) is 32.1 Å². The van der Waals surface area contributed by atoms with Crippen LogP contribution in [0.5, 0.6) is 0 Å². The zero-order valence-corrected chi connectivity index (χ0v) is 21.0. The molecule has 0 spiro atoms. The van der Waals surface area contributed by atoms with Crippen LogP contribution in [0, 0.1) is 18.8 Å². The molecule has 1 saturated carbocycles. The van der Waals surface area contributed by atoms with Gasteiger partial charge in [0.1, 0.15) is 0 Å². The minimum Gasteiger partial charge on any atom is -0.481 e. The summed E-state index contributed by atoms with van der Waals surface area (Å²) >= 11 is 8.83. The SMILES string of the molecule is Cc1sc(CCC(O)/C=C/[C@H]2C(O)CC(O)[C@@H]2C/C=C\CCCC(=O)O)c(Br)c1Br. The minimum atomic E-state index is -0.796. The number of hydrogen-bond acceptors (Lipinski definition) is 5. The van der Waals surface area contributed by atoms with Crippen molar-refractivity contribution in [3.8, 4) is 0 Å². The molecule has 1 aromatic rings. The Hall–Kier alpha value is -0.510. The Kier molecular flexibility index (Phi) is 10.7. The van der Waals surface area contributed by atoms with Crippen molar-refractivity contribution in [1.82, 2.24) is 0 Å². The number of aryl methyl sites for hydroxylation is 2. The molecule has 1 aromatic heterocycles. The van der Waals surface area contributed by atoms with E-state index in [2.05, 4.69) is 31.9 Å². The number of aliphatic hydroxyl groups is 3. The quantitative estimate of drug-likeness (QED) is 0.224. The highest BCUT2D eigenvalue weighted by molar-refractivity contribution is 9.13. The monoisotopic (exact) mass is 564 g/mol. The molecule has 1 aliphatic rings. The van der Waals surface area contributed by atoms with Crippen LogP contribution >= 0.6 is 43.2 Å². The molecule has 1 fully saturated rings. The summed E-state index contributed by atoms with van der Waals surface area (Å²) in [7, 11) is 0. The standard InChI is InChI=1S/C22H30Br2O5S/c1-13-21(23)22(24)19(30-13)11-9-14(25)8-10-16-15(17(26)12-18(16)27)6-4-2-3-5-7-20(28)29/h2,4,8,10,14-18,25-27H,3,5-7,9,11-12H2,1H3,(H,28,29)/b4-2-,10-8+/t14?,15-,16-,17?,18?/m1/s1. The number of carboxylic acids is 1. The smallest absolute Gasteiger partial charge is 0.303 e. The fraction of sp³-hybridized carbons (Fsp3) is 0.591. The van der Waals surface area contributed by atoms with Gasteiger partial charge in [0.15, 0.2) is 0 Å². The summed E-state index contributed by atoms with van der Waals surface area (Å²) in [6.07, 6.45) is 9.36. The number of allylic oxidation sites excluding steroid dienone is 2. The number of carbonyl (C=O) groups is 1. The molecule has 5 atom stereocenters. The second-order valence-corrected chi connectivity index (χ2v) is 10.7. The molecule has 0 radical (unpaired) electrons. The molecule has 30 heavy (non-hydrogen) atoms. The zero-order chi connectivity index (χ0) is 22.3. The number of aliphatic hydroxyl groups excluding tert-OH is 3. The van der Waals surface area contributed by atoms with Crippen LogP contribution in [0.3, 0.4) is 0 Å². The van der Waals surface area contributed by atoms with Crippen LogP contribution in [0.15, 0.2) is 33.2 Å². The summed E-state index contributed by atoms with van der Waals surface area (Å²) in [6, 6.07) is 0. The Labute approximate surface area is 198 Å². The number of rotatable bonds is 11. The molecule has 4 N–H and O–H groups in total. The van der Waals surface area contributed by atoms with E-state index in [1.54, 1.807) is 17.4 Å². The van der Waals surface area contributed by atoms with Crippen molar-refractivity contribution in [3.05, 3.63) is 43.0 Å². The summed E-state index contributed by atoms with van der Waals surface area (Å²) < 4.78 is 2.11. The van der Waals surface area contributed by atoms with E-state index < -0.39 is 24.3 Å². The van der Waals surface area contributed by atoms with Crippen molar-refractivity contribution in [2.24, 2.45) is 11.8 Å². The second-order valence-electron chi connectivity index (χ2n) is 7.80. The van der Waals surface area contributed by atoms with Gasteiger partial charge in [-0.2, -0.15) is 0 Å². The number of thiophene rings is 1. The van der Waals surface area contributed by atoms with Gasteiger partial charge in [-0.15, -0.1) is 11.3 Å². The third-order valence-corrected chi connectivity index (χ3v) is 9.59. The van der Waals surface area contributed by atoms with Gasteiger partial charge < -0.3 is 20.4 Å². The van der Waals surface area contributed by atoms with Gasteiger partial charge in [-0.25, -0.2) is 0 Å². The Morgan fingerprint density at radius 3 is 2.60 bits per heavy atom. The third-order valence-electron chi connectivity index (χ3n) is 5.50. The lowest BCUT2D eigenvalue weighted by Gasteiger charge is -2.19. The summed E-state index contributed by atoms with van der Waals surface area (Å²) in [5.74, 6) is -1.11. The first kappa shape index (κ1) is 25.7. The highest BCUT2D eigenvalue weighted by Gasteiger charge is 2.39. The Bertz CT molecular complexity index is 761. The van der Waals surface area contributed by atoms with Gasteiger partial charge in [-0.3, -0.25) is 4.79 Å². The molecule has 0 saturated heterocycles. The molecule has 0 aliphatic heterocycles.